The predicted octanol–water partition coefficient (Wildman–Crippen LogP) is -48.9. The fourth-order valence-electron chi connectivity index (χ4n) is 3.48. The maximum Gasteiger partial charge on any atom is 1.00 e. The van der Waals surface area contributed by atoms with E-state index in [1.165, 1.54) is 0 Å². The first-order valence-electron chi connectivity index (χ1n) is 12.1. The van der Waals surface area contributed by atoms with Crippen molar-refractivity contribution in [2.75, 3.05) is 51.8 Å². The molecule has 0 aliphatic carbocycles. The molecular formula is C10H24K12N4O30P10. The number of nitrogens with zero attached hydrogens (tertiary/aromatic N) is 4. The van der Waals surface area contributed by atoms with Crippen LogP contribution in [0.5, 0.6) is 0 Å². The maximum absolute atomic E-state index is 10.7. The normalized spacial score (nSPS) is 12.3. The molecule has 0 rings (SSSR count). The third-order valence-corrected chi connectivity index (χ3v) is 31.1. The van der Waals surface area contributed by atoms with Gasteiger partial charge in [0.25, 0.3) is 0 Å². The van der Waals surface area contributed by atoms with Crippen LogP contribution in [0, 0.1) is 0 Å². The summed E-state index contributed by atoms with van der Waals surface area (Å²) in [6.07, 6.45) is -1.60. The van der Waals surface area contributed by atoms with Crippen LogP contribution >= 0.6 is 76.0 Å². The zero-order valence-corrected chi connectivity index (χ0v) is 83.9. The van der Waals surface area contributed by atoms with Gasteiger partial charge >= 0.3 is 647 Å². The van der Waals surface area contributed by atoms with Gasteiger partial charge in [0.05, 0.1) is 0 Å². The van der Waals surface area contributed by atoms with Gasteiger partial charge in [-0.2, -0.15) is 0 Å². The number of hydrogen-bond acceptors (Lipinski definition) is 24. The van der Waals surface area contributed by atoms with E-state index in [1.54, 1.807) is 0 Å². The Bertz CT molecular complexity index is 1460. The molecule has 66 heavy (non-hydrogen) atoms. The van der Waals surface area contributed by atoms with Crippen LogP contribution in [0.4, 0.5) is 0 Å². The summed E-state index contributed by atoms with van der Waals surface area (Å²) < 4.78 is 94.9. The molecule has 0 heterocycles. The third-order valence-electron chi connectivity index (χ3n) is 5.34. The van der Waals surface area contributed by atoms with Crippen molar-refractivity contribution in [3.63, 3.8) is 0 Å². The van der Waals surface area contributed by atoms with Gasteiger partial charge in [0.2, 0.25) is 8.76 Å². The summed E-state index contributed by atoms with van der Waals surface area (Å²) in [6, 6.07) is 0. The summed E-state index contributed by atoms with van der Waals surface area (Å²) in [7, 11) is -65.6. The summed E-state index contributed by atoms with van der Waals surface area (Å²) in [5, 5.41) is 0. The van der Waals surface area contributed by atoms with Crippen LogP contribution in [-0.2, 0) is 45.7 Å². The van der Waals surface area contributed by atoms with E-state index in [0.29, 0.717) is 0 Å². The van der Waals surface area contributed by atoms with Crippen molar-refractivity contribution in [2.24, 2.45) is 0 Å². The number of rotatable bonds is 19. The Morgan fingerprint density at radius 3 is 0.515 bits per heavy atom. The van der Waals surface area contributed by atoms with E-state index in [9.17, 15) is 104 Å². The zero-order valence-electron chi connectivity index (χ0n) is 37.5. The van der Waals surface area contributed by atoms with Crippen LogP contribution in [-0.4, -0.2) is 110 Å². The largest absolute Gasteiger partial charge is 1.00 e. The molecule has 56 heteroatoms. The van der Waals surface area contributed by atoms with E-state index in [4.69, 9.17) is 50.6 Å². The van der Waals surface area contributed by atoms with Crippen molar-refractivity contribution in [3.05, 3.63) is 0 Å². The summed E-state index contributed by atoms with van der Waals surface area (Å²) >= 11 is 0. The molecule has 34 nitrogen and oxygen atoms in total. The smallest absolute Gasteiger partial charge is 0.810 e. The molecule has 0 saturated carbocycles. The van der Waals surface area contributed by atoms with E-state index >= 15 is 0 Å². The van der Waals surface area contributed by atoms with Gasteiger partial charge in [-0.3, -0.25) is 28.1 Å². The minimum absolute atomic E-state index is 0. The van der Waals surface area contributed by atoms with Crippen molar-refractivity contribution >= 4 is 76.0 Å². The average molecular weight is 1460 g/mol. The molecule has 0 saturated heterocycles. The Kier molecular flexibility index (Phi) is 102. The Labute approximate surface area is 888 Å². The Morgan fingerprint density at radius 2 is 0.455 bits per heavy atom. The van der Waals surface area contributed by atoms with Crippen molar-refractivity contribution < 1.29 is 760 Å². The maximum atomic E-state index is 10.7. The molecule has 0 aromatic heterocycles. The topological polar surface area (TPSA) is 660 Å². The van der Waals surface area contributed by atoms with Gasteiger partial charge < -0.3 is 125 Å². The van der Waals surface area contributed by atoms with Crippen molar-refractivity contribution in [1.82, 2.24) is 21.3 Å². The third kappa shape index (κ3) is 46.1. The molecular weight excluding hydrogens is 1440 g/mol. The average Bonchev–Trinajstić information content (AvgIpc) is 2.74. The van der Waals surface area contributed by atoms with E-state index in [-0.39, 0.29) is 656 Å². The molecule has 0 fully saturated rings. The van der Waals surface area contributed by atoms with Crippen LogP contribution in [0.25, 0.3) is 0 Å². The van der Waals surface area contributed by atoms with E-state index in [0.717, 1.165) is 9.80 Å². The molecule has 0 spiro atoms. The second-order valence-electron chi connectivity index (χ2n) is 9.55. The molecule has 0 amide bonds. The molecule has 0 unspecified atom stereocenters. The second kappa shape index (κ2) is 54.2. The first-order valence-corrected chi connectivity index (χ1v) is 28.1. The summed E-state index contributed by atoms with van der Waals surface area (Å²) in [6.45, 7) is -0.963. The Balaban J connectivity index is -0.0000000418. The van der Waals surface area contributed by atoms with Crippen molar-refractivity contribution in [1.29, 1.82) is 0 Å². The molecule has 0 aromatic carbocycles. The van der Waals surface area contributed by atoms with Crippen LogP contribution in [0.2, 0.25) is 0 Å². The standard InChI is InChI=1S/C8H20N4O6P2.2CH8O12P4.12K/c9-1-3-11(7-19(13,14)15)5-6-12(4-2-10)8-20(16,17)18;2*2-14(3,4)1(15(5,6)7,16(8,9)10)17(11,12)13;;;;;;;;;;;;/h1-8H2,(H2,13,14,15)(H2,16,17,18);2*(H2,2,3,4)(H2,5,6,7)(H2,8,9,10)(H2,11,12,13);;;;;;;;;;;;/q;;;12*+1/p-12. The molecule has 8 N–H and O–H groups in total. The van der Waals surface area contributed by atoms with Gasteiger partial charge in [-0.15, -0.1) is 11.5 Å². The summed E-state index contributed by atoms with van der Waals surface area (Å²) in [5.41, 5.74) is 17.5. The van der Waals surface area contributed by atoms with Gasteiger partial charge in [-0.1, -0.05) is 15.2 Å². The van der Waals surface area contributed by atoms with Crippen LogP contribution in [0.1, 0.15) is 0 Å². The first-order chi connectivity index (χ1) is 23.1. The fourth-order valence-corrected chi connectivity index (χ4v) is 20.3. The monoisotopic (exact) mass is 1460 g/mol. The van der Waals surface area contributed by atoms with Crippen molar-refractivity contribution in [2.45, 2.75) is 8.76 Å². The van der Waals surface area contributed by atoms with Crippen LogP contribution in [0.3, 0.4) is 0 Å². The predicted molar refractivity (Wildman–Crippen MR) is 146 cm³/mol. The minimum Gasteiger partial charge on any atom is -0.810 e. The Morgan fingerprint density at radius 1 is 0.318 bits per heavy atom. The molecule has 0 aromatic rings. The van der Waals surface area contributed by atoms with Gasteiger partial charge in [-0.05, 0) is 30.4 Å². The van der Waals surface area contributed by atoms with E-state index in [1.807, 2.05) is 0 Å². The van der Waals surface area contributed by atoms with Gasteiger partial charge in [0.1, 0.15) is 0 Å². The molecule has 4 radical (unpaired) electrons. The first kappa shape index (κ1) is 124. The number of hydrogen-bond donors (Lipinski definition) is 8. The molecule has 326 valence electrons. The van der Waals surface area contributed by atoms with Crippen molar-refractivity contribution in [3.8, 4) is 0 Å². The fraction of sp³-hybridized carbons (Fsp3) is 1.00. The van der Waals surface area contributed by atoms with Gasteiger partial charge in [0.15, 0.2) is 0 Å². The summed E-state index contributed by atoms with van der Waals surface area (Å²) in [4.78, 5) is 196. The minimum atomic E-state index is -7.19. The Hall–Kier alpha value is 21.0. The quantitative estimate of drug-likeness (QED) is 0.0440. The van der Waals surface area contributed by atoms with Crippen LogP contribution < -0.4 is 687 Å². The van der Waals surface area contributed by atoms with Crippen LogP contribution in [0.15, 0.2) is 0 Å². The van der Waals surface area contributed by atoms with E-state index in [2.05, 4.69) is 0 Å². The van der Waals surface area contributed by atoms with E-state index < -0.39 is 97.3 Å². The van der Waals surface area contributed by atoms with Gasteiger partial charge in [0, 0.05) is 51.8 Å². The molecule has 0 aliphatic heterocycles. The summed E-state index contributed by atoms with van der Waals surface area (Å²) in [5.74, 6) is 0. The second-order valence-corrected chi connectivity index (χ2v) is 30.5. The molecule has 0 bridgehead atoms. The zero-order chi connectivity index (χ0) is 44.8. The molecule has 0 atom stereocenters. The van der Waals surface area contributed by atoms with Gasteiger partial charge in [-0.25, -0.2) is 0 Å². The SMILES string of the molecule is O=P([O-])([O-])C(P(=O)([O-])[O-])(P(=O)(O)O)P(=O)(O)O.O=P([O-])([O-])C(P(=O)([O-])[O-])(P(=O)(O)O)P(=O)(O)O.[K+].[K+].[K+].[K+].[K+].[K+].[K+].[K+].[K+].[K+].[K+].[K+].[N]CCN(CCN(CC[N])CP(=O)([O-])[O-])CP(=O)([O-])[O-]. The molecule has 0 aliphatic rings.